The van der Waals surface area contributed by atoms with Gasteiger partial charge >= 0.3 is 0 Å². The number of nitrogens with two attached hydrogens (primary N) is 1. The zero-order chi connectivity index (χ0) is 11.3. The molecule has 1 aromatic rings. The number of pyridine rings is 1. The van der Waals surface area contributed by atoms with Crippen molar-refractivity contribution in [1.82, 2.24) is 4.98 Å². The molecule has 0 spiro atoms. The molecule has 2 N–H and O–H groups in total. The summed E-state index contributed by atoms with van der Waals surface area (Å²) in [4.78, 5) is 4.22. The van der Waals surface area contributed by atoms with Crippen LogP contribution in [0.5, 0.6) is 0 Å². The van der Waals surface area contributed by atoms with Gasteiger partial charge in [-0.15, -0.1) is 11.8 Å². The van der Waals surface area contributed by atoms with Gasteiger partial charge in [0.15, 0.2) is 0 Å². The van der Waals surface area contributed by atoms with Crippen LogP contribution in [-0.4, -0.2) is 23.4 Å². The maximum atomic E-state index is 5.55. The molecule has 0 unspecified atom stereocenters. The van der Waals surface area contributed by atoms with E-state index in [1.54, 1.807) is 25.1 Å². The summed E-state index contributed by atoms with van der Waals surface area (Å²) in [5.74, 6) is 0.998. The molecule has 1 rings (SSSR count). The molecule has 0 radical (unpaired) electrons. The van der Waals surface area contributed by atoms with Gasteiger partial charge < -0.3 is 10.5 Å². The molecule has 3 nitrogen and oxygen atoms in total. The van der Waals surface area contributed by atoms with Crippen molar-refractivity contribution in [1.29, 1.82) is 0 Å². The van der Waals surface area contributed by atoms with Crippen molar-refractivity contribution in [2.45, 2.75) is 30.9 Å². The molecule has 0 saturated heterocycles. The maximum Gasteiger partial charge on any atom is 0.0961 e. The number of hydrogen-bond donors (Lipinski definition) is 1. The molecule has 0 amide bonds. The lowest BCUT2D eigenvalue weighted by atomic mass is 10.1. The normalized spacial score (nSPS) is 11.7. The van der Waals surface area contributed by atoms with Crippen LogP contribution < -0.4 is 5.73 Å². The van der Waals surface area contributed by atoms with Gasteiger partial charge in [0, 0.05) is 12.9 Å². The summed E-state index contributed by atoms with van der Waals surface area (Å²) in [5, 5.41) is 1.01. The molecule has 84 valence electrons. The number of hydrogen-bond acceptors (Lipinski definition) is 4. The molecule has 15 heavy (non-hydrogen) atoms. The highest BCUT2D eigenvalue weighted by molar-refractivity contribution is 7.99. The van der Waals surface area contributed by atoms with Crippen molar-refractivity contribution in [2.24, 2.45) is 0 Å². The predicted molar refractivity (Wildman–Crippen MR) is 65.1 cm³/mol. The average molecular weight is 226 g/mol. The van der Waals surface area contributed by atoms with Crippen molar-refractivity contribution >= 4 is 17.4 Å². The zero-order valence-electron chi connectivity index (χ0n) is 9.49. The Balaban J connectivity index is 2.35. The third kappa shape index (κ3) is 4.53. The van der Waals surface area contributed by atoms with Gasteiger partial charge in [0.1, 0.15) is 0 Å². The van der Waals surface area contributed by atoms with Crippen LogP contribution in [0.3, 0.4) is 0 Å². The Bertz CT molecular complexity index is 298. The van der Waals surface area contributed by atoms with Crippen LogP contribution in [0.4, 0.5) is 5.69 Å². The number of nitrogens with zero attached hydrogens (tertiary/aromatic N) is 1. The number of aromatic nitrogens is 1. The van der Waals surface area contributed by atoms with Gasteiger partial charge in [-0.05, 0) is 32.4 Å². The van der Waals surface area contributed by atoms with Gasteiger partial charge in [-0.2, -0.15) is 0 Å². The quantitative estimate of drug-likeness (QED) is 0.784. The first-order chi connectivity index (χ1) is 7.03. The standard InChI is InChI=1S/C11H18N2OS/c1-11(2,14-3)6-7-15-10-5-4-9(12)8-13-10/h4-5,8H,6-7,12H2,1-3H3. The molecule has 0 aliphatic rings. The molecule has 0 fully saturated rings. The van der Waals surface area contributed by atoms with Crippen LogP contribution in [0, 0.1) is 0 Å². The van der Waals surface area contributed by atoms with Crippen molar-refractivity contribution in [3.8, 4) is 0 Å². The number of rotatable bonds is 5. The van der Waals surface area contributed by atoms with E-state index in [1.165, 1.54) is 0 Å². The van der Waals surface area contributed by atoms with E-state index in [2.05, 4.69) is 18.8 Å². The lowest BCUT2D eigenvalue weighted by Gasteiger charge is -2.22. The third-order valence-electron chi connectivity index (χ3n) is 2.27. The van der Waals surface area contributed by atoms with Gasteiger partial charge in [-0.1, -0.05) is 0 Å². The molecule has 1 aromatic heterocycles. The fourth-order valence-corrected chi connectivity index (χ4v) is 2.07. The average Bonchev–Trinajstić information content (AvgIpc) is 2.21. The molecule has 0 atom stereocenters. The molecular formula is C11H18N2OS. The lowest BCUT2D eigenvalue weighted by molar-refractivity contribution is 0.0207. The Hall–Kier alpha value is -0.740. The number of anilines is 1. The highest BCUT2D eigenvalue weighted by Gasteiger charge is 2.15. The summed E-state index contributed by atoms with van der Waals surface area (Å²) < 4.78 is 5.34. The van der Waals surface area contributed by atoms with Crippen molar-refractivity contribution in [3.05, 3.63) is 18.3 Å². The predicted octanol–water partition coefficient (Wildman–Crippen LogP) is 2.57. The molecule has 0 aliphatic carbocycles. The Morgan fingerprint density at radius 2 is 2.20 bits per heavy atom. The molecular weight excluding hydrogens is 208 g/mol. The van der Waals surface area contributed by atoms with E-state index in [-0.39, 0.29) is 5.60 Å². The minimum atomic E-state index is -0.0548. The summed E-state index contributed by atoms with van der Waals surface area (Å²) in [6, 6.07) is 3.82. The summed E-state index contributed by atoms with van der Waals surface area (Å²) in [6.07, 6.45) is 2.68. The summed E-state index contributed by atoms with van der Waals surface area (Å²) in [5.41, 5.74) is 6.20. The summed E-state index contributed by atoms with van der Waals surface area (Å²) in [7, 11) is 1.74. The Morgan fingerprint density at radius 3 is 2.73 bits per heavy atom. The molecule has 4 heteroatoms. The van der Waals surface area contributed by atoms with Crippen LogP contribution in [0.25, 0.3) is 0 Å². The molecule has 0 bridgehead atoms. The minimum absolute atomic E-state index is 0.0548. The van der Waals surface area contributed by atoms with Crippen molar-refractivity contribution in [3.63, 3.8) is 0 Å². The second kappa shape index (κ2) is 5.37. The van der Waals surface area contributed by atoms with Crippen molar-refractivity contribution < 1.29 is 4.74 Å². The second-order valence-electron chi connectivity index (χ2n) is 3.99. The van der Waals surface area contributed by atoms with E-state index in [9.17, 15) is 0 Å². The second-order valence-corrected chi connectivity index (χ2v) is 5.11. The molecule has 0 aromatic carbocycles. The third-order valence-corrected chi connectivity index (χ3v) is 3.21. The molecule has 0 saturated carbocycles. The topological polar surface area (TPSA) is 48.1 Å². The van der Waals surface area contributed by atoms with Crippen molar-refractivity contribution in [2.75, 3.05) is 18.6 Å². The SMILES string of the molecule is COC(C)(C)CCSc1ccc(N)cn1. The van der Waals surface area contributed by atoms with E-state index in [1.807, 2.05) is 12.1 Å². The van der Waals surface area contributed by atoms with Crippen LogP contribution in [-0.2, 0) is 4.74 Å². The van der Waals surface area contributed by atoms with Gasteiger partial charge in [0.05, 0.1) is 22.5 Å². The van der Waals surface area contributed by atoms with Crippen LogP contribution in [0.1, 0.15) is 20.3 Å². The van der Waals surface area contributed by atoms with Gasteiger partial charge in [0.2, 0.25) is 0 Å². The van der Waals surface area contributed by atoms with E-state index in [4.69, 9.17) is 10.5 Å². The lowest BCUT2D eigenvalue weighted by Crippen LogP contribution is -2.22. The van der Waals surface area contributed by atoms with Crippen LogP contribution in [0.2, 0.25) is 0 Å². The largest absolute Gasteiger partial charge is 0.397 e. The number of methoxy groups -OCH3 is 1. The molecule has 0 aliphatic heterocycles. The Labute approximate surface area is 95.4 Å². The number of nitrogen functional groups attached to an aromatic ring is 1. The van der Waals surface area contributed by atoms with Gasteiger partial charge in [-0.25, -0.2) is 4.98 Å². The number of ether oxygens (including phenoxy) is 1. The number of thioether (sulfide) groups is 1. The highest BCUT2D eigenvalue weighted by atomic mass is 32.2. The molecule has 1 heterocycles. The van der Waals surface area contributed by atoms with Crippen LogP contribution >= 0.6 is 11.8 Å². The maximum absolute atomic E-state index is 5.55. The first kappa shape index (κ1) is 12.3. The van der Waals surface area contributed by atoms with E-state index >= 15 is 0 Å². The van der Waals surface area contributed by atoms with E-state index in [0.717, 1.165) is 17.2 Å². The first-order valence-corrected chi connectivity index (χ1v) is 5.91. The summed E-state index contributed by atoms with van der Waals surface area (Å²) >= 11 is 1.72. The highest BCUT2D eigenvalue weighted by Crippen LogP contribution is 2.21. The fraction of sp³-hybridized carbons (Fsp3) is 0.545. The van der Waals surface area contributed by atoms with Crippen LogP contribution in [0.15, 0.2) is 23.4 Å². The zero-order valence-corrected chi connectivity index (χ0v) is 10.3. The Kier molecular flexibility index (Phi) is 4.42. The summed E-state index contributed by atoms with van der Waals surface area (Å²) in [6.45, 7) is 4.17. The monoisotopic (exact) mass is 226 g/mol. The van der Waals surface area contributed by atoms with E-state index < -0.39 is 0 Å². The van der Waals surface area contributed by atoms with E-state index in [0.29, 0.717) is 5.69 Å². The van der Waals surface area contributed by atoms with Gasteiger partial charge in [-0.3, -0.25) is 0 Å². The van der Waals surface area contributed by atoms with Gasteiger partial charge in [0.25, 0.3) is 0 Å². The smallest absolute Gasteiger partial charge is 0.0961 e. The first-order valence-electron chi connectivity index (χ1n) is 4.93. The fourth-order valence-electron chi connectivity index (χ4n) is 0.981. The minimum Gasteiger partial charge on any atom is -0.397 e. The Morgan fingerprint density at radius 1 is 1.47 bits per heavy atom.